The molecule has 3 aromatic carbocycles. The minimum Gasteiger partial charge on any atom is -0.435 e. The highest BCUT2D eigenvalue weighted by Gasteiger charge is 2.32. The first-order valence-electron chi connectivity index (χ1n) is 11.0. The molecule has 0 saturated carbocycles. The Morgan fingerprint density at radius 2 is 1.44 bits per heavy atom. The molecule has 1 aliphatic rings. The van der Waals surface area contributed by atoms with Crippen molar-refractivity contribution in [1.29, 1.82) is 0 Å². The van der Waals surface area contributed by atoms with E-state index in [-0.39, 0.29) is 6.17 Å². The molecule has 1 atom stereocenters. The lowest BCUT2D eigenvalue weighted by Gasteiger charge is -2.37. The lowest BCUT2D eigenvalue weighted by atomic mass is 10.0. The number of fused-ring (bicyclic) bond motifs is 6. The van der Waals surface area contributed by atoms with Gasteiger partial charge < -0.3 is 14.2 Å². The van der Waals surface area contributed by atoms with E-state index in [4.69, 9.17) is 4.42 Å². The fourth-order valence-corrected chi connectivity index (χ4v) is 5.00. The summed E-state index contributed by atoms with van der Waals surface area (Å²) in [5.41, 5.74) is 9.68. The zero-order chi connectivity index (χ0) is 22.0. The van der Waals surface area contributed by atoms with Gasteiger partial charge in [0, 0.05) is 40.3 Å². The molecular weight excluding hydrogens is 394 g/mol. The highest BCUT2D eigenvalue weighted by atomic mass is 16.3. The first-order valence-corrected chi connectivity index (χ1v) is 11.0. The zero-order valence-corrected chi connectivity index (χ0v) is 18.8. The van der Waals surface area contributed by atoms with Crippen LogP contribution in [0.1, 0.15) is 18.2 Å². The van der Waals surface area contributed by atoms with Crippen molar-refractivity contribution >= 4 is 39.1 Å². The van der Waals surface area contributed by atoms with Crippen molar-refractivity contribution in [2.75, 3.05) is 16.8 Å². The Bertz CT molecular complexity index is 1500. The van der Waals surface area contributed by atoms with Crippen molar-refractivity contribution < 1.29 is 4.42 Å². The summed E-state index contributed by atoms with van der Waals surface area (Å²) < 4.78 is 6.44. The van der Waals surface area contributed by atoms with Gasteiger partial charge in [0.15, 0.2) is 5.58 Å². The minimum absolute atomic E-state index is 0.0759. The number of nitrogens with zero attached hydrogens (tertiary/aromatic N) is 3. The van der Waals surface area contributed by atoms with Crippen LogP contribution >= 0.6 is 0 Å². The highest BCUT2D eigenvalue weighted by Crippen LogP contribution is 2.48. The first kappa shape index (κ1) is 18.9. The maximum absolute atomic E-state index is 6.44. The minimum atomic E-state index is 0.0759. The van der Waals surface area contributed by atoms with E-state index < -0.39 is 0 Å². The molecule has 1 aliphatic heterocycles. The second kappa shape index (κ2) is 6.86. The van der Waals surface area contributed by atoms with Crippen LogP contribution in [0.25, 0.3) is 33.2 Å². The molecular formula is C28H25N3O. The lowest BCUT2D eigenvalue weighted by Crippen LogP contribution is -2.42. The quantitative estimate of drug-likeness (QED) is 0.288. The van der Waals surface area contributed by atoms with Crippen LogP contribution in [0.5, 0.6) is 0 Å². The summed E-state index contributed by atoms with van der Waals surface area (Å²) in [5, 5.41) is 2.15. The Kier molecular flexibility index (Phi) is 4.06. The van der Waals surface area contributed by atoms with Crippen LogP contribution in [0.4, 0.5) is 17.1 Å². The van der Waals surface area contributed by atoms with E-state index in [1.54, 1.807) is 0 Å². The number of hydrogen-bond acceptors (Lipinski definition) is 4. The average molecular weight is 420 g/mol. The molecule has 4 nitrogen and oxygen atoms in total. The number of aryl methyl sites for hydroxylation is 2. The molecule has 0 N–H and O–H groups in total. The molecule has 0 radical (unpaired) electrons. The number of benzene rings is 3. The molecule has 4 heteroatoms. The molecule has 5 aromatic rings. The fraction of sp³-hybridized carbons (Fsp3) is 0.179. The summed E-state index contributed by atoms with van der Waals surface area (Å²) in [6.45, 7) is 6.41. The number of furan rings is 1. The summed E-state index contributed by atoms with van der Waals surface area (Å²) >= 11 is 0. The van der Waals surface area contributed by atoms with E-state index in [1.807, 2.05) is 13.0 Å². The second-order valence-corrected chi connectivity index (χ2v) is 8.66. The summed E-state index contributed by atoms with van der Waals surface area (Å²) in [5.74, 6) is 0. The maximum atomic E-state index is 6.44. The van der Waals surface area contributed by atoms with Gasteiger partial charge in [-0.3, -0.25) is 0 Å². The smallest absolute Gasteiger partial charge is 0.227 e. The second-order valence-electron chi connectivity index (χ2n) is 8.66. The van der Waals surface area contributed by atoms with Gasteiger partial charge in [0.25, 0.3) is 0 Å². The molecule has 3 heterocycles. The Morgan fingerprint density at radius 3 is 2.22 bits per heavy atom. The van der Waals surface area contributed by atoms with Crippen molar-refractivity contribution in [1.82, 2.24) is 4.98 Å². The monoisotopic (exact) mass is 419 g/mol. The molecule has 6 rings (SSSR count). The van der Waals surface area contributed by atoms with E-state index in [0.29, 0.717) is 5.71 Å². The van der Waals surface area contributed by atoms with Gasteiger partial charge in [-0.1, -0.05) is 48.5 Å². The van der Waals surface area contributed by atoms with Gasteiger partial charge in [0.2, 0.25) is 5.71 Å². The van der Waals surface area contributed by atoms with E-state index in [0.717, 1.165) is 27.7 Å². The van der Waals surface area contributed by atoms with Gasteiger partial charge >= 0.3 is 0 Å². The van der Waals surface area contributed by atoms with Gasteiger partial charge in [0.05, 0.1) is 11.4 Å². The van der Waals surface area contributed by atoms with Gasteiger partial charge in [-0.15, -0.1) is 0 Å². The SMILES string of the molecule is Cc1ccc2c(n1)oc1c(N3c4ccccc4-c4ccccc4N(C)C3C)c(C)ccc12. The molecule has 0 aliphatic carbocycles. The van der Waals surface area contributed by atoms with E-state index in [1.165, 1.54) is 28.1 Å². The number of para-hydroxylation sites is 2. The molecule has 0 bridgehead atoms. The highest BCUT2D eigenvalue weighted by molar-refractivity contribution is 6.10. The van der Waals surface area contributed by atoms with E-state index in [2.05, 4.69) is 102 Å². The van der Waals surface area contributed by atoms with Crippen molar-refractivity contribution in [2.24, 2.45) is 0 Å². The fourth-order valence-electron chi connectivity index (χ4n) is 5.00. The van der Waals surface area contributed by atoms with E-state index >= 15 is 0 Å². The van der Waals surface area contributed by atoms with Gasteiger partial charge in [0.1, 0.15) is 6.17 Å². The Balaban J connectivity index is 1.70. The molecule has 0 fully saturated rings. The van der Waals surface area contributed by atoms with Crippen molar-refractivity contribution in [3.8, 4) is 11.1 Å². The number of hydrogen-bond donors (Lipinski definition) is 0. The summed E-state index contributed by atoms with van der Waals surface area (Å²) in [4.78, 5) is 9.43. The summed E-state index contributed by atoms with van der Waals surface area (Å²) in [6.07, 6.45) is 0.0759. The number of aromatic nitrogens is 1. The molecule has 0 spiro atoms. The van der Waals surface area contributed by atoms with Crippen LogP contribution in [0.2, 0.25) is 0 Å². The number of rotatable bonds is 1. The standard InChI is InChI=1S/C28H25N3O/c1-17-13-15-22-23-16-14-18(2)29-28(23)32-27(22)26(17)31-19(3)30(4)24-11-7-5-9-20(24)21-10-6-8-12-25(21)31/h5-16,19H,1-4H3. The largest absolute Gasteiger partial charge is 0.435 e. The third kappa shape index (κ3) is 2.59. The van der Waals surface area contributed by atoms with Crippen molar-refractivity contribution in [3.05, 3.63) is 84.1 Å². The number of anilines is 3. The van der Waals surface area contributed by atoms with Crippen LogP contribution in [-0.2, 0) is 0 Å². The number of pyridine rings is 1. The predicted octanol–water partition coefficient (Wildman–Crippen LogP) is 7.20. The third-order valence-corrected chi connectivity index (χ3v) is 6.73. The third-order valence-electron chi connectivity index (χ3n) is 6.73. The van der Waals surface area contributed by atoms with Crippen LogP contribution in [0.15, 0.2) is 77.2 Å². The van der Waals surface area contributed by atoms with Crippen LogP contribution < -0.4 is 9.80 Å². The lowest BCUT2D eigenvalue weighted by molar-refractivity contribution is 0.643. The molecule has 158 valence electrons. The Morgan fingerprint density at radius 1 is 0.781 bits per heavy atom. The topological polar surface area (TPSA) is 32.5 Å². The predicted molar refractivity (Wildman–Crippen MR) is 133 cm³/mol. The van der Waals surface area contributed by atoms with Gasteiger partial charge in [-0.2, -0.15) is 0 Å². The molecule has 2 aromatic heterocycles. The Labute approximate surface area is 187 Å². The summed E-state index contributed by atoms with van der Waals surface area (Å²) in [6, 6.07) is 25.8. The van der Waals surface area contributed by atoms with Crippen LogP contribution in [0, 0.1) is 13.8 Å². The first-order chi connectivity index (χ1) is 15.5. The molecule has 0 amide bonds. The van der Waals surface area contributed by atoms with Crippen LogP contribution in [0.3, 0.4) is 0 Å². The molecule has 1 unspecified atom stereocenters. The maximum Gasteiger partial charge on any atom is 0.227 e. The Hall–Kier alpha value is -3.79. The van der Waals surface area contributed by atoms with Crippen molar-refractivity contribution in [3.63, 3.8) is 0 Å². The van der Waals surface area contributed by atoms with Crippen LogP contribution in [-0.4, -0.2) is 18.2 Å². The summed E-state index contributed by atoms with van der Waals surface area (Å²) in [7, 11) is 2.17. The van der Waals surface area contributed by atoms with Gasteiger partial charge in [-0.25, -0.2) is 4.98 Å². The zero-order valence-electron chi connectivity index (χ0n) is 18.8. The van der Waals surface area contributed by atoms with Gasteiger partial charge in [-0.05, 0) is 50.6 Å². The normalized spacial score (nSPS) is 15.7. The molecule has 32 heavy (non-hydrogen) atoms. The average Bonchev–Trinajstić information content (AvgIpc) is 3.14. The molecule has 0 saturated heterocycles. The van der Waals surface area contributed by atoms with E-state index in [9.17, 15) is 0 Å². The van der Waals surface area contributed by atoms with Crippen molar-refractivity contribution in [2.45, 2.75) is 26.9 Å².